The van der Waals surface area contributed by atoms with Crippen molar-refractivity contribution in [3.63, 3.8) is 0 Å². The van der Waals surface area contributed by atoms with Gasteiger partial charge in [0.1, 0.15) is 17.5 Å². The maximum Gasteiger partial charge on any atom is 0.134 e. The van der Waals surface area contributed by atoms with Crippen LogP contribution in [0.3, 0.4) is 0 Å². The van der Waals surface area contributed by atoms with Crippen LogP contribution in [-0.4, -0.2) is 50.7 Å². The summed E-state index contributed by atoms with van der Waals surface area (Å²) >= 11 is 0. The molecule has 96 valence electrons. The Hall–Kier alpha value is -1.36. The van der Waals surface area contributed by atoms with Gasteiger partial charge >= 0.3 is 0 Å². The van der Waals surface area contributed by atoms with E-state index in [1.54, 1.807) is 0 Å². The third kappa shape index (κ3) is 3.85. The number of nitrogens with zero attached hydrogens (tertiary/aromatic N) is 4. The molecule has 5 nitrogen and oxygen atoms in total. The van der Waals surface area contributed by atoms with Crippen LogP contribution in [0, 0.1) is 6.92 Å². The lowest BCUT2D eigenvalue weighted by Gasteiger charge is -2.21. The Kier molecular flexibility index (Phi) is 5.15. The highest BCUT2D eigenvalue weighted by Crippen LogP contribution is 2.16. The van der Waals surface area contributed by atoms with Crippen LogP contribution in [0.15, 0.2) is 6.07 Å². The summed E-state index contributed by atoms with van der Waals surface area (Å²) in [6.45, 7) is 6.86. The van der Waals surface area contributed by atoms with Gasteiger partial charge in [0.25, 0.3) is 0 Å². The van der Waals surface area contributed by atoms with Crippen LogP contribution in [0.4, 0.5) is 11.6 Å². The van der Waals surface area contributed by atoms with Crippen molar-refractivity contribution in [1.82, 2.24) is 15.3 Å². The van der Waals surface area contributed by atoms with Crippen molar-refractivity contribution >= 4 is 11.6 Å². The van der Waals surface area contributed by atoms with Crippen LogP contribution in [0.1, 0.15) is 12.7 Å². The smallest absolute Gasteiger partial charge is 0.134 e. The fourth-order valence-electron chi connectivity index (χ4n) is 1.48. The van der Waals surface area contributed by atoms with Gasteiger partial charge < -0.3 is 15.1 Å². The average molecular weight is 237 g/mol. The van der Waals surface area contributed by atoms with Crippen LogP contribution in [-0.2, 0) is 0 Å². The highest BCUT2D eigenvalue weighted by molar-refractivity contribution is 5.50. The van der Waals surface area contributed by atoms with Crippen molar-refractivity contribution in [3.8, 4) is 0 Å². The standard InChI is InChI=1S/C12H23N5/c1-6-16(4)11-9-12(15-10(2)14-11)17(5)8-7-13-3/h9,13H,6-8H2,1-5H3. The van der Waals surface area contributed by atoms with Crippen molar-refractivity contribution in [2.24, 2.45) is 0 Å². The van der Waals surface area contributed by atoms with Crippen molar-refractivity contribution in [2.75, 3.05) is 50.6 Å². The number of hydrogen-bond donors (Lipinski definition) is 1. The molecule has 0 aliphatic rings. The van der Waals surface area contributed by atoms with E-state index in [0.717, 1.165) is 37.1 Å². The molecule has 0 radical (unpaired) electrons. The molecule has 1 heterocycles. The van der Waals surface area contributed by atoms with Crippen molar-refractivity contribution in [2.45, 2.75) is 13.8 Å². The van der Waals surface area contributed by atoms with Gasteiger partial charge in [-0.05, 0) is 20.9 Å². The van der Waals surface area contributed by atoms with Gasteiger partial charge in [0.2, 0.25) is 0 Å². The lowest BCUT2D eigenvalue weighted by molar-refractivity contribution is 0.757. The van der Waals surface area contributed by atoms with Gasteiger partial charge in [0.15, 0.2) is 0 Å². The summed E-state index contributed by atoms with van der Waals surface area (Å²) in [6, 6.07) is 2.03. The normalized spacial score (nSPS) is 10.4. The summed E-state index contributed by atoms with van der Waals surface area (Å²) in [7, 11) is 6.04. The van der Waals surface area contributed by atoms with E-state index in [0.29, 0.717) is 0 Å². The Balaban J connectivity index is 2.88. The molecule has 0 spiro atoms. The topological polar surface area (TPSA) is 44.3 Å². The van der Waals surface area contributed by atoms with Gasteiger partial charge in [-0.15, -0.1) is 0 Å². The Morgan fingerprint density at radius 3 is 2.29 bits per heavy atom. The minimum atomic E-state index is 0.814. The number of likely N-dealkylation sites (N-methyl/N-ethyl adjacent to an activating group) is 2. The average Bonchev–Trinajstić information content (AvgIpc) is 2.34. The number of aromatic nitrogens is 2. The molecular formula is C12H23N5. The van der Waals surface area contributed by atoms with Gasteiger partial charge in [-0.1, -0.05) is 0 Å². The van der Waals surface area contributed by atoms with E-state index in [2.05, 4.69) is 39.1 Å². The number of nitrogens with one attached hydrogen (secondary N) is 1. The van der Waals surface area contributed by atoms with Crippen molar-refractivity contribution < 1.29 is 0 Å². The predicted octanol–water partition coefficient (Wildman–Crippen LogP) is 0.897. The molecule has 0 atom stereocenters. The first-order chi connectivity index (χ1) is 8.08. The highest BCUT2D eigenvalue weighted by atomic mass is 15.2. The van der Waals surface area contributed by atoms with Gasteiger partial charge in [-0.2, -0.15) is 0 Å². The third-order valence-electron chi connectivity index (χ3n) is 2.76. The van der Waals surface area contributed by atoms with Crippen molar-refractivity contribution in [1.29, 1.82) is 0 Å². The van der Waals surface area contributed by atoms with E-state index in [9.17, 15) is 0 Å². The minimum absolute atomic E-state index is 0.814. The predicted molar refractivity (Wildman–Crippen MR) is 72.9 cm³/mol. The summed E-state index contributed by atoms with van der Waals surface area (Å²) in [5, 5.41) is 3.14. The molecule has 1 aromatic rings. The van der Waals surface area contributed by atoms with E-state index < -0.39 is 0 Å². The molecule has 0 fully saturated rings. The molecule has 0 aliphatic carbocycles. The zero-order valence-electron chi connectivity index (χ0n) is 11.5. The summed E-state index contributed by atoms with van der Waals surface area (Å²) in [5.41, 5.74) is 0. The molecule has 0 bridgehead atoms. The Morgan fingerprint density at radius 1 is 1.18 bits per heavy atom. The summed E-state index contributed by atoms with van der Waals surface area (Å²) in [5.74, 6) is 2.77. The quantitative estimate of drug-likeness (QED) is 0.796. The molecule has 0 saturated heterocycles. The van der Waals surface area contributed by atoms with E-state index >= 15 is 0 Å². The first-order valence-corrected chi connectivity index (χ1v) is 6.01. The van der Waals surface area contributed by atoms with E-state index in [1.807, 2.05) is 27.1 Å². The SMILES string of the molecule is CCN(C)c1cc(N(C)CCNC)nc(C)n1. The zero-order chi connectivity index (χ0) is 12.8. The molecule has 0 aromatic carbocycles. The molecule has 0 unspecified atom stereocenters. The van der Waals surface area contributed by atoms with Crippen LogP contribution in [0.5, 0.6) is 0 Å². The monoisotopic (exact) mass is 237 g/mol. The summed E-state index contributed by atoms with van der Waals surface area (Å²) < 4.78 is 0. The Morgan fingerprint density at radius 2 is 1.76 bits per heavy atom. The molecule has 17 heavy (non-hydrogen) atoms. The molecule has 1 rings (SSSR count). The maximum absolute atomic E-state index is 4.46. The van der Waals surface area contributed by atoms with Crippen LogP contribution >= 0.6 is 0 Å². The lowest BCUT2D eigenvalue weighted by Crippen LogP contribution is -2.28. The summed E-state index contributed by atoms with van der Waals surface area (Å²) in [4.78, 5) is 13.2. The van der Waals surface area contributed by atoms with Gasteiger partial charge in [-0.3, -0.25) is 0 Å². The molecule has 0 saturated carbocycles. The molecular weight excluding hydrogens is 214 g/mol. The fraction of sp³-hybridized carbons (Fsp3) is 0.667. The van der Waals surface area contributed by atoms with Crippen LogP contribution in [0.25, 0.3) is 0 Å². The number of anilines is 2. The maximum atomic E-state index is 4.46. The Labute approximate surface area is 104 Å². The summed E-state index contributed by atoms with van der Waals surface area (Å²) in [6.07, 6.45) is 0. The molecule has 1 aromatic heterocycles. The van der Waals surface area contributed by atoms with E-state index in [1.165, 1.54) is 0 Å². The lowest BCUT2D eigenvalue weighted by atomic mass is 10.4. The first-order valence-electron chi connectivity index (χ1n) is 6.01. The van der Waals surface area contributed by atoms with E-state index in [4.69, 9.17) is 0 Å². The molecule has 0 aliphatic heterocycles. The largest absolute Gasteiger partial charge is 0.360 e. The zero-order valence-corrected chi connectivity index (χ0v) is 11.5. The highest BCUT2D eigenvalue weighted by Gasteiger charge is 2.08. The number of hydrogen-bond acceptors (Lipinski definition) is 5. The second-order valence-electron chi connectivity index (χ2n) is 4.17. The van der Waals surface area contributed by atoms with Gasteiger partial charge in [-0.25, -0.2) is 9.97 Å². The number of rotatable bonds is 6. The van der Waals surface area contributed by atoms with Crippen molar-refractivity contribution in [3.05, 3.63) is 11.9 Å². The Bertz CT molecular complexity index is 353. The van der Waals surface area contributed by atoms with Gasteiger partial charge in [0.05, 0.1) is 0 Å². The van der Waals surface area contributed by atoms with E-state index in [-0.39, 0.29) is 0 Å². The number of aryl methyl sites for hydroxylation is 1. The minimum Gasteiger partial charge on any atom is -0.360 e. The fourth-order valence-corrected chi connectivity index (χ4v) is 1.48. The second-order valence-corrected chi connectivity index (χ2v) is 4.17. The first kappa shape index (κ1) is 13.7. The molecule has 5 heteroatoms. The van der Waals surface area contributed by atoms with Crippen LogP contribution in [0.2, 0.25) is 0 Å². The third-order valence-corrected chi connectivity index (χ3v) is 2.76. The second kappa shape index (κ2) is 6.39. The van der Waals surface area contributed by atoms with Gasteiger partial charge in [0, 0.05) is 39.8 Å². The molecule has 0 amide bonds. The van der Waals surface area contributed by atoms with Crippen LogP contribution < -0.4 is 15.1 Å². The molecule has 1 N–H and O–H groups in total.